The highest BCUT2D eigenvalue weighted by Gasteiger charge is 2.34. The first kappa shape index (κ1) is 21.2. The number of hydrogen-bond acceptors (Lipinski definition) is 4. The molecular weight excluding hydrogens is 397 g/mol. The maximum Gasteiger partial charge on any atom is 0.282 e. The van der Waals surface area contributed by atoms with Crippen molar-refractivity contribution in [1.29, 1.82) is 0 Å². The number of anilines is 1. The standard InChI is InChI=1S/C20H24FN3O4S/c1-15(20(25)22-19-6-4-3-5-18(19)21)23-11-13-24(14-12-23)29(26,27)17-9-7-16(28-2)8-10-17/h3-10,15H,11-14H2,1-2H3,(H,22,25)/p+1/t15-/m0/s1. The summed E-state index contributed by atoms with van der Waals surface area (Å²) in [7, 11) is -2.07. The highest BCUT2D eigenvalue weighted by molar-refractivity contribution is 7.89. The zero-order valence-corrected chi connectivity index (χ0v) is 17.2. The highest BCUT2D eigenvalue weighted by atomic mass is 32.2. The van der Waals surface area contributed by atoms with Gasteiger partial charge in [-0.05, 0) is 43.3 Å². The van der Waals surface area contributed by atoms with Crippen molar-refractivity contribution in [3.63, 3.8) is 0 Å². The van der Waals surface area contributed by atoms with Crippen molar-refractivity contribution >= 4 is 21.6 Å². The number of nitrogens with one attached hydrogen (secondary N) is 2. The van der Waals surface area contributed by atoms with E-state index in [-0.39, 0.29) is 16.5 Å². The van der Waals surface area contributed by atoms with Gasteiger partial charge in [0.15, 0.2) is 6.04 Å². The molecule has 7 nitrogen and oxygen atoms in total. The van der Waals surface area contributed by atoms with Crippen molar-refractivity contribution in [3.05, 3.63) is 54.3 Å². The third kappa shape index (κ3) is 4.75. The molecule has 0 unspecified atom stereocenters. The number of halogens is 1. The van der Waals surface area contributed by atoms with Gasteiger partial charge in [-0.15, -0.1) is 0 Å². The summed E-state index contributed by atoms with van der Waals surface area (Å²) in [4.78, 5) is 13.7. The minimum absolute atomic E-state index is 0.143. The van der Waals surface area contributed by atoms with E-state index in [0.29, 0.717) is 31.9 Å². The predicted molar refractivity (Wildman–Crippen MR) is 107 cm³/mol. The quantitative estimate of drug-likeness (QED) is 0.720. The van der Waals surface area contributed by atoms with E-state index in [2.05, 4.69) is 5.32 Å². The van der Waals surface area contributed by atoms with Crippen LogP contribution in [0.3, 0.4) is 0 Å². The van der Waals surface area contributed by atoms with Crippen LogP contribution in [0.5, 0.6) is 5.75 Å². The Balaban J connectivity index is 1.60. The van der Waals surface area contributed by atoms with Gasteiger partial charge in [-0.1, -0.05) is 12.1 Å². The SMILES string of the molecule is COc1ccc(S(=O)(=O)N2CC[NH+]([C@@H](C)C(=O)Nc3ccccc3F)CC2)cc1. The van der Waals surface area contributed by atoms with E-state index in [4.69, 9.17) is 4.74 Å². The molecule has 1 amide bonds. The molecule has 3 rings (SSSR count). The van der Waals surface area contributed by atoms with Gasteiger partial charge in [0.2, 0.25) is 10.0 Å². The minimum atomic E-state index is -3.60. The number of sulfonamides is 1. The topological polar surface area (TPSA) is 80.2 Å². The lowest BCUT2D eigenvalue weighted by atomic mass is 10.2. The van der Waals surface area contributed by atoms with Crippen LogP contribution in [0.4, 0.5) is 10.1 Å². The molecule has 0 saturated carbocycles. The summed E-state index contributed by atoms with van der Waals surface area (Å²) in [6.45, 7) is 3.35. The first-order chi connectivity index (χ1) is 13.8. The van der Waals surface area contributed by atoms with Crippen LogP contribution in [0.15, 0.2) is 53.4 Å². The van der Waals surface area contributed by atoms with Gasteiger partial charge in [0, 0.05) is 0 Å². The average Bonchev–Trinajstić information content (AvgIpc) is 2.75. The number of ether oxygens (including phenoxy) is 1. The van der Waals surface area contributed by atoms with Crippen LogP contribution in [0.2, 0.25) is 0 Å². The van der Waals surface area contributed by atoms with E-state index in [1.54, 1.807) is 31.2 Å². The number of carbonyl (C=O) groups excluding carboxylic acids is 1. The Morgan fingerprint density at radius 3 is 2.34 bits per heavy atom. The van der Waals surface area contributed by atoms with E-state index in [9.17, 15) is 17.6 Å². The van der Waals surface area contributed by atoms with Crippen molar-refractivity contribution in [2.24, 2.45) is 0 Å². The summed E-state index contributed by atoms with van der Waals surface area (Å²) in [5.41, 5.74) is 0.143. The second kappa shape index (κ2) is 8.89. The second-order valence-corrected chi connectivity index (χ2v) is 8.87. The number of hydrogen-bond donors (Lipinski definition) is 2. The summed E-state index contributed by atoms with van der Waals surface area (Å²) in [6, 6.07) is 11.9. The van der Waals surface area contributed by atoms with Gasteiger partial charge >= 0.3 is 0 Å². The molecule has 29 heavy (non-hydrogen) atoms. The van der Waals surface area contributed by atoms with Crippen molar-refractivity contribution in [2.45, 2.75) is 17.9 Å². The van der Waals surface area contributed by atoms with Gasteiger partial charge in [-0.3, -0.25) is 4.79 Å². The number of amides is 1. The van der Waals surface area contributed by atoms with Crippen molar-refractivity contribution in [3.8, 4) is 5.75 Å². The van der Waals surface area contributed by atoms with Crippen molar-refractivity contribution in [1.82, 2.24) is 4.31 Å². The molecule has 1 aliphatic heterocycles. The minimum Gasteiger partial charge on any atom is -0.497 e. The Morgan fingerprint density at radius 2 is 1.76 bits per heavy atom. The lowest BCUT2D eigenvalue weighted by Gasteiger charge is -2.34. The fourth-order valence-electron chi connectivity index (χ4n) is 3.33. The molecule has 1 aliphatic rings. The van der Waals surface area contributed by atoms with Gasteiger partial charge in [0.05, 0.1) is 43.9 Å². The van der Waals surface area contributed by atoms with Crippen LogP contribution in [0.1, 0.15) is 6.92 Å². The van der Waals surface area contributed by atoms with Crippen LogP contribution in [-0.2, 0) is 14.8 Å². The number of para-hydroxylation sites is 1. The van der Waals surface area contributed by atoms with Crippen LogP contribution >= 0.6 is 0 Å². The third-order valence-corrected chi connectivity index (χ3v) is 7.11. The molecule has 0 radical (unpaired) electrons. The zero-order valence-electron chi connectivity index (χ0n) is 16.4. The number of rotatable bonds is 6. The molecular formula is C20H25FN3O4S+. The third-order valence-electron chi connectivity index (χ3n) is 5.20. The summed E-state index contributed by atoms with van der Waals surface area (Å²) in [6.07, 6.45) is 0. The van der Waals surface area contributed by atoms with Gasteiger partial charge in [0.1, 0.15) is 11.6 Å². The largest absolute Gasteiger partial charge is 0.497 e. The highest BCUT2D eigenvalue weighted by Crippen LogP contribution is 2.19. The van der Waals surface area contributed by atoms with Crippen LogP contribution < -0.4 is 15.0 Å². The number of carbonyl (C=O) groups is 1. The normalized spacial score (nSPS) is 16.9. The van der Waals surface area contributed by atoms with E-state index in [1.165, 1.54) is 35.7 Å². The molecule has 9 heteroatoms. The number of piperazine rings is 1. The monoisotopic (exact) mass is 422 g/mol. The van der Waals surface area contributed by atoms with E-state index in [1.807, 2.05) is 0 Å². The van der Waals surface area contributed by atoms with Crippen molar-refractivity contribution < 1.29 is 27.2 Å². The molecule has 2 aromatic rings. The van der Waals surface area contributed by atoms with Gasteiger partial charge < -0.3 is 15.0 Å². The predicted octanol–water partition coefficient (Wildman–Crippen LogP) is 0.751. The summed E-state index contributed by atoms with van der Waals surface area (Å²) >= 11 is 0. The molecule has 2 N–H and O–H groups in total. The van der Waals surface area contributed by atoms with Gasteiger partial charge in [0.25, 0.3) is 5.91 Å². The molecule has 0 spiro atoms. The van der Waals surface area contributed by atoms with Crippen molar-refractivity contribution in [2.75, 3.05) is 38.6 Å². The average molecular weight is 423 g/mol. The lowest BCUT2D eigenvalue weighted by molar-refractivity contribution is -0.917. The molecule has 0 aromatic heterocycles. The Kier molecular flexibility index (Phi) is 6.51. The fourth-order valence-corrected chi connectivity index (χ4v) is 4.77. The number of nitrogens with zero attached hydrogens (tertiary/aromatic N) is 1. The lowest BCUT2D eigenvalue weighted by Crippen LogP contribution is -3.19. The van der Waals surface area contributed by atoms with E-state index in [0.717, 1.165) is 4.90 Å². The number of quaternary nitrogens is 1. The fraction of sp³-hybridized carbons (Fsp3) is 0.350. The molecule has 2 aromatic carbocycles. The molecule has 0 aliphatic carbocycles. The van der Waals surface area contributed by atoms with E-state index >= 15 is 0 Å². The van der Waals surface area contributed by atoms with E-state index < -0.39 is 21.9 Å². The maximum absolute atomic E-state index is 13.7. The van der Waals surface area contributed by atoms with Gasteiger partial charge in [-0.25, -0.2) is 12.8 Å². The number of methoxy groups -OCH3 is 1. The molecule has 1 heterocycles. The molecule has 156 valence electrons. The molecule has 0 bridgehead atoms. The zero-order chi connectivity index (χ0) is 21.0. The molecule has 1 fully saturated rings. The Morgan fingerprint density at radius 1 is 1.14 bits per heavy atom. The van der Waals surface area contributed by atoms with Crippen LogP contribution in [0, 0.1) is 5.82 Å². The summed E-state index contributed by atoms with van der Waals surface area (Å²) in [5, 5.41) is 2.61. The molecule has 1 atom stereocenters. The first-order valence-electron chi connectivity index (χ1n) is 9.37. The Hall–Kier alpha value is -2.49. The smallest absolute Gasteiger partial charge is 0.282 e. The van der Waals surface area contributed by atoms with Crippen LogP contribution in [0.25, 0.3) is 0 Å². The number of benzene rings is 2. The van der Waals surface area contributed by atoms with Gasteiger partial charge in [-0.2, -0.15) is 4.31 Å². The summed E-state index contributed by atoms with van der Waals surface area (Å²) in [5.74, 6) is -0.192. The summed E-state index contributed by atoms with van der Waals surface area (Å²) < 4.78 is 45.9. The first-order valence-corrected chi connectivity index (χ1v) is 10.8. The maximum atomic E-state index is 13.7. The Labute approximate surface area is 170 Å². The Bertz CT molecular complexity index is 958. The van der Waals surface area contributed by atoms with Crippen LogP contribution in [-0.4, -0.2) is 58.0 Å². The second-order valence-electron chi connectivity index (χ2n) is 6.93. The molecule has 1 saturated heterocycles.